The van der Waals surface area contributed by atoms with E-state index in [9.17, 15) is 8.42 Å². The van der Waals surface area contributed by atoms with Crippen molar-refractivity contribution in [3.05, 3.63) is 0 Å². The summed E-state index contributed by atoms with van der Waals surface area (Å²) in [7, 11) is -1.92. The molecule has 4 N–H and O–H groups in total. The van der Waals surface area contributed by atoms with Gasteiger partial charge in [0, 0.05) is 19.6 Å². The van der Waals surface area contributed by atoms with Gasteiger partial charge in [-0.3, -0.25) is 0 Å². The van der Waals surface area contributed by atoms with E-state index in [0.717, 1.165) is 0 Å². The second-order valence-electron chi connectivity index (χ2n) is 2.37. The Morgan fingerprint density at radius 2 is 2.09 bits per heavy atom. The number of hydrogen-bond donors (Lipinski definition) is 3. The van der Waals surface area contributed by atoms with Gasteiger partial charge in [-0.25, -0.2) is 9.44 Å². The van der Waals surface area contributed by atoms with Crippen molar-refractivity contribution < 1.29 is 8.42 Å². The summed E-state index contributed by atoms with van der Waals surface area (Å²) < 4.78 is 25.9. The third-order valence-electron chi connectivity index (χ3n) is 1.16. The molecule has 0 spiro atoms. The van der Waals surface area contributed by atoms with Crippen LogP contribution in [0, 0.1) is 0 Å². The molecule has 1 atom stereocenters. The third-order valence-corrected chi connectivity index (χ3v) is 2.28. The Kier molecular flexibility index (Phi) is 4.58. The van der Waals surface area contributed by atoms with Crippen molar-refractivity contribution in [2.75, 3.05) is 13.6 Å². The van der Waals surface area contributed by atoms with Crippen LogP contribution in [-0.4, -0.2) is 28.1 Å². The smallest absolute Gasteiger partial charge is 0.276 e. The van der Waals surface area contributed by atoms with Gasteiger partial charge in [-0.2, -0.15) is 8.42 Å². The molecule has 5 nitrogen and oxygen atoms in total. The van der Waals surface area contributed by atoms with Gasteiger partial charge in [0.2, 0.25) is 0 Å². The Bertz CT molecular complexity index is 188. The van der Waals surface area contributed by atoms with Crippen LogP contribution in [0.25, 0.3) is 0 Å². The molecule has 1 unspecified atom stereocenters. The summed E-state index contributed by atoms with van der Waals surface area (Å²) in [6.07, 6.45) is 0.640. The second kappa shape index (κ2) is 4.66. The van der Waals surface area contributed by atoms with E-state index in [2.05, 4.69) is 9.44 Å². The predicted octanol–water partition coefficient (Wildman–Crippen LogP) is -1.22. The predicted molar refractivity (Wildman–Crippen MR) is 44.2 cm³/mol. The van der Waals surface area contributed by atoms with E-state index in [-0.39, 0.29) is 6.04 Å². The van der Waals surface area contributed by atoms with Gasteiger partial charge in [-0.05, 0) is 13.3 Å². The highest BCUT2D eigenvalue weighted by atomic mass is 32.2. The number of hydrogen-bond acceptors (Lipinski definition) is 3. The largest absolute Gasteiger partial charge is 0.328 e. The summed E-state index contributed by atoms with van der Waals surface area (Å²) in [6, 6.07) is 0.0227. The third kappa shape index (κ3) is 6.24. The van der Waals surface area contributed by atoms with Gasteiger partial charge in [0.15, 0.2) is 0 Å². The van der Waals surface area contributed by atoms with E-state index >= 15 is 0 Å². The summed E-state index contributed by atoms with van der Waals surface area (Å²) in [4.78, 5) is 0. The van der Waals surface area contributed by atoms with E-state index < -0.39 is 10.2 Å². The molecule has 0 fully saturated rings. The first kappa shape index (κ1) is 10.8. The quantitative estimate of drug-likeness (QED) is 0.497. The fourth-order valence-corrected chi connectivity index (χ4v) is 1.02. The topological polar surface area (TPSA) is 84.2 Å². The SMILES string of the molecule is CNS(=O)(=O)NCCC(C)N. The summed E-state index contributed by atoms with van der Waals surface area (Å²) in [6.45, 7) is 2.20. The standard InChI is InChI=1S/C5H15N3O2S/c1-5(6)3-4-8-11(9,10)7-2/h5,7-8H,3-4,6H2,1-2H3. The molecular weight excluding hydrogens is 166 g/mol. The lowest BCUT2D eigenvalue weighted by molar-refractivity contribution is 0.564. The number of rotatable bonds is 5. The first-order valence-electron chi connectivity index (χ1n) is 3.41. The molecule has 0 aromatic rings. The van der Waals surface area contributed by atoms with E-state index in [0.29, 0.717) is 13.0 Å². The molecule has 0 bridgehead atoms. The van der Waals surface area contributed by atoms with Crippen LogP contribution in [0.3, 0.4) is 0 Å². The minimum atomic E-state index is -3.27. The molecule has 68 valence electrons. The van der Waals surface area contributed by atoms with Crippen molar-refractivity contribution in [3.63, 3.8) is 0 Å². The van der Waals surface area contributed by atoms with Crippen LogP contribution in [0.15, 0.2) is 0 Å². The minimum absolute atomic E-state index is 0.0227. The molecule has 0 aromatic carbocycles. The van der Waals surface area contributed by atoms with Crippen LogP contribution in [0.5, 0.6) is 0 Å². The fourth-order valence-electron chi connectivity index (χ4n) is 0.493. The molecule has 0 radical (unpaired) electrons. The Labute approximate surface area is 67.5 Å². The van der Waals surface area contributed by atoms with Crippen molar-refractivity contribution >= 4 is 10.2 Å². The van der Waals surface area contributed by atoms with Crippen LogP contribution in [0.2, 0.25) is 0 Å². The maximum absolute atomic E-state index is 10.7. The number of nitrogens with one attached hydrogen (secondary N) is 2. The van der Waals surface area contributed by atoms with Crippen molar-refractivity contribution in [1.82, 2.24) is 9.44 Å². The lowest BCUT2D eigenvalue weighted by atomic mass is 10.3. The van der Waals surface area contributed by atoms with E-state index in [1.165, 1.54) is 7.05 Å². The molecule has 0 saturated carbocycles. The molecule has 0 aliphatic heterocycles. The highest BCUT2D eigenvalue weighted by Gasteiger charge is 2.04. The van der Waals surface area contributed by atoms with Gasteiger partial charge in [-0.15, -0.1) is 0 Å². The van der Waals surface area contributed by atoms with Gasteiger partial charge in [0.25, 0.3) is 10.2 Å². The Hall–Kier alpha value is -0.170. The summed E-state index contributed by atoms with van der Waals surface area (Å²) in [5.41, 5.74) is 5.41. The molecule has 0 rings (SSSR count). The highest BCUT2D eigenvalue weighted by molar-refractivity contribution is 7.87. The van der Waals surface area contributed by atoms with Crippen LogP contribution >= 0.6 is 0 Å². The molecule has 0 saturated heterocycles. The molecule has 0 aromatic heterocycles. The fraction of sp³-hybridized carbons (Fsp3) is 1.00. The van der Waals surface area contributed by atoms with Gasteiger partial charge in [0.1, 0.15) is 0 Å². The second-order valence-corrected chi connectivity index (χ2v) is 4.07. The average molecular weight is 181 g/mol. The maximum Gasteiger partial charge on any atom is 0.276 e. The van der Waals surface area contributed by atoms with E-state index in [4.69, 9.17) is 5.73 Å². The van der Waals surface area contributed by atoms with Crippen LogP contribution in [0.1, 0.15) is 13.3 Å². The maximum atomic E-state index is 10.7. The van der Waals surface area contributed by atoms with Gasteiger partial charge < -0.3 is 5.73 Å². The molecule has 0 amide bonds. The lowest BCUT2D eigenvalue weighted by Crippen LogP contribution is -2.36. The lowest BCUT2D eigenvalue weighted by Gasteiger charge is -2.06. The van der Waals surface area contributed by atoms with E-state index in [1.54, 1.807) is 0 Å². The van der Waals surface area contributed by atoms with Gasteiger partial charge >= 0.3 is 0 Å². The van der Waals surface area contributed by atoms with Crippen LogP contribution in [-0.2, 0) is 10.2 Å². The molecule has 0 heterocycles. The summed E-state index contributed by atoms with van der Waals surface area (Å²) in [5, 5.41) is 0. The molecular formula is C5H15N3O2S. The minimum Gasteiger partial charge on any atom is -0.328 e. The zero-order chi connectivity index (χ0) is 8.91. The zero-order valence-corrected chi connectivity index (χ0v) is 7.61. The first-order chi connectivity index (χ1) is 4.98. The molecule has 6 heteroatoms. The van der Waals surface area contributed by atoms with Crippen LogP contribution in [0.4, 0.5) is 0 Å². The number of nitrogens with two attached hydrogens (primary N) is 1. The first-order valence-corrected chi connectivity index (χ1v) is 4.90. The Balaban J connectivity index is 3.55. The van der Waals surface area contributed by atoms with Crippen molar-refractivity contribution in [2.24, 2.45) is 5.73 Å². The van der Waals surface area contributed by atoms with Crippen LogP contribution < -0.4 is 15.2 Å². The summed E-state index contributed by atoms with van der Waals surface area (Å²) in [5.74, 6) is 0. The average Bonchev–Trinajstić information content (AvgIpc) is 1.87. The normalized spacial score (nSPS) is 14.8. The van der Waals surface area contributed by atoms with Gasteiger partial charge in [0.05, 0.1) is 0 Å². The summed E-state index contributed by atoms with van der Waals surface area (Å²) >= 11 is 0. The van der Waals surface area contributed by atoms with Crippen molar-refractivity contribution in [2.45, 2.75) is 19.4 Å². The van der Waals surface area contributed by atoms with Crippen molar-refractivity contribution in [1.29, 1.82) is 0 Å². The van der Waals surface area contributed by atoms with Gasteiger partial charge in [-0.1, -0.05) is 0 Å². The Morgan fingerprint density at radius 3 is 2.45 bits per heavy atom. The monoisotopic (exact) mass is 181 g/mol. The van der Waals surface area contributed by atoms with E-state index in [1.807, 2.05) is 6.92 Å². The highest BCUT2D eigenvalue weighted by Crippen LogP contribution is 1.83. The van der Waals surface area contributed by atoms with Crippen molar-refractivity contribution in [3.8, 4) is 0 Å². The molecule has 0 aliphatic rings. The molecule has 0 aliphatic carbocycles. The zero-order valence-electron chi connectivity index (χ0n) is 6.79. The molecule has 11 heavy (non-hydrogen) atoms. The Morgan fingerprint density at radius 1 is 1.55 bits per heavy atom.